The molecule has 11 nitrogen and oxygen atoms in total. The van der Waals surface area contributed by atoms with Crippen LogP contribution >= 0.6 is 0 Å². The number of fused-ring (bicyclic) bond motifs is 4. The van der Waals surface area contributed by atoms with Gasteiger partial charge in [0.1, 0.15) is 12.4 Å². The standard InChI is InChI=1S/C27H31N5O6/c33-18-4-5-21-20(10-18)25-23(12-29-21)37-8-7-32(25)13-15-1-2-16(9-19(15)27(35)36)28-11-17-3-6-22-26(30-17)31-24(34)14-38-22/h4-6,10,12,15-17,19,28,33H,1-3,7-9,11,13-14H2,(H,35,36)(H,30,31,34)/t15-,16+,17?,19-/m1/s1. The van der Waals surface area contributed by atoms with Crippen LogP contribution in [0.25, 0.3) is 10.9 Å². The van der Waals surface area contributed by atoms with E-state index in [0.29, 0.717) is 56.4 Å². The molecule has 38 heavy (non-hydrogen) atoms. The second-order valence-electron chi connectivity index (χ2n) is 10.4. The highest BCUT2D eigenvalue weighted by Crippen LogP contribution is 2.41. The van der Waals surface area contributed by atoms with Crippen LogP contribution < -0.4 is 20.3 Å². The number of aromatic hydroxyl groups is 1. The van der Waals surface area contributed by atoms with E-state index >= 15 is 0 Å². The molecule has 1 aliphatic carbocycles. The number of amides is 1. The number of aromatic nitrogens is 1. The molecule has 1 unspecified atom stereocenters. The lowest BCUT2D eigenvalue weighted by molar-refractivity contribution is -0.145. The lowest BCUT2D eigenvalue weighted by atomic mass is 9.76. The van der Waals surface area contributed by atoms with Crippen LogP contribution in [-0.4, -0.2) is 77.8 Å². The number of phenols is 1. The van der Waals surface area contributed by atoms with Crippen LogP contribution in [-0.2, 0) is 14.3 Å². The molecule has 4 heterocycles. The number of carboxylic acid groups (broad SMARTS) is 1. The van der Waals surface area contributed by atoms with Crippen molar-refractivity contribution in [2.24, 2.45) is 16.8 Å². The van der Waals surface area contributed by atoms with Gasteiger partial charge in [-0.3, -0.25) is 19.6 Å². The quantitative estimate of drug-likeness (QED) is 0.447. The van der Waals surface area contributed by atoms with E-state index in [1.54, 1.807) is 24.4 Å². The number of rotatable bonds is 6. The Bertz CT molecular complexity index is 1330. The number of dihydropyridines is 1. The largest absolute Gasteiger partial charge is 0.508 e. The fraction of sp³-hybridized carbons (Fsp3) is 0.481. The molecule has 11 heteroatoms. The van der Waals surface area contributed by atoms with Gasteiger partial charge in [-0.1, -0.05) is 0 Å². The number of anilines is 1. The summed E-state index contributed by atoms with van der Waals surface area (Å²) in [7, 11) is 0. The second kappa shape index (κ2) is 10.1. The number of carbonyl (C=O) groups excluding carboxylic acids is 1. The first kappa shape index (κ1) is 24.5. The minimum Gasteiger partial charge on any atom is -0.508 e. The molecular formula is C27H31N5O6. The van der Waals surface area contributed by atoms with Crippen LogP contribution in [0.3, 0.4) is 0 Å². The average molecular weight is 522 g/mol. The molecule has 0 spiro atoms. The molecule has 1 saturated carbocycles. The molecule has 200 valence electrons. The summed E-state index contributed by atoms with van der Waals surface area (Å²) in [6.45, 7) is 2.35. The van der Waals surface area contributed by atoms with Gasteiger partial charge in [0.05, 0.1) is 35.9 Å². The molecular weight excluding hydrogens is 490 g/mol. The topological polar surface area (TPSA) is 146 Å². The molecule has 1 saturated heterocycles. The van der Waals surface area contributed by atoms with E-state index in [4.69, 9.17) is 9.47 Å². The molecule has 4 atom stereocenters. The molecule has 3 aliphatic heterocycles. The molecule has 2 aromatic rings. The monoisotopic (exact) mass is 521 g/mol. The van der Waals surface area contributed by atoms with E-state index in [1.165, 1.54) is 0 Å². The summed E-state index contributed by atoms with van der Waals surface area (Å²) in [5, 5.41) is 27.3. The van der Waals surface area contributed by atoms with Crippen LogP contribution in [0.4, 0.5) is 5.69 Å². The van der Waals surface area contributed by atoms with Crippen molar-refractivity contribution >= 4 is 34.3 Å². The minimum atomic E-state index is -0.778. The molecule has 4 aliphatic rings. The first-order valence-corrected chi connectivity index (χ1v) is 13.1. The predicted octanol–water partition coefficient (Wildman–Crippen LogP) is 1.80. The van der Waals surface area contributed by atoms with Gasteiger partial charge in [-0.05, 0) is 55.9 Å². The van der Waals surface area contributed by atoms with Crippen LogP contribution in [0.2, 0.25) is 0 Å². The number of phenolic OH excluding ortho intramolecular Hbond substituents is 1. The number of morpholine rings is 1. The minimum absolute atomic E-state index is 0.0131. The van der Waals surface area contributed by atoms with Crippen LogP contribution in [0, 0.1) is 11.8 Å². The highest BCUT2D eigenvalue weighted by molar-refractivity contribution is 6.09. The maximum Gasteiger partial charge on any atom is 0.306 e. The van der Waals surface area contributed by atoms with Crippen molar-refractivity contribution in [3.8, 4) is 11.5 Å². The Morgan fingerprint density at radius 3 is 3.03 bits per heavy atom. The van der Waals surface area contributed by atoms with Crippen molar-refractivity contribution in [2.75, 3.05) is 37.7 Å². The van der Waals surface area contributed by atoms with E-state index in [0.717, 1.165) is 29.4 Å². The first-order chi connectivity index (χ1) is 18.4. The molecule has 1 aromatic carbocycles. The van der Waals surface area contributed by atoms with E-state index in [2.05, 4.69) is 25.5 Å². The summed E-state index contributed by atoms with van der Waals surface area (Å²) in [6.07, 6.45) is 6.54. The number of pyridine rings is 1. The van der Waals surface area contributed by atoms with Crippen LogP contribution in [0.5, 0.6) is 11.5 Å². The summed E-state index contributed by atoms with van der Waals surface area (Å²) in [5.74, 6) is 0.421. The SMILES string of the molecule is O=C1COC2=CCC(CN[C@H]3CC[C@H](CN4CCOc5cnc6ccc(O)cc6c54)[C@H](C(=O)O)C3)N=C2N1. The zero-order chi connectivity index (χ0) is 26.2. The summed E-state index contributed by atoms with van der Waals surface area (Å²) < 4.78 is 11.3. The van der Waals surface area contributed by atoms with Gasteiger partial charge in [0.25, 0.3) is 5.91 Å². The Balaban J connectivity index is 1.12. The second-order valence-corrected chi connectivity index (χ2v) is 10.4. The first-order valence-electron chi connectivity index (χ1n) is 13.1. The zero-order valence-corrected chi connectivity index (χ0v) is 20.9. The number of hydrogen-bond acceptors (Lipinski definition) is 9. The number of ether oxygens (including phenoxy) is 2. The van der Waals surface area contributed by atoms with Crippen molar-refractivity contribution in [3.63, 3.8) is 0 Å². The molecule has 1 amide bonds. The molecule has 2 fully saturated rings. The van der Waals surface area contributed by atoms with Crippen LogP contribution in [0.1, 0.15) is 25.7 Å². The lowest BCUT2D eigenvalue weighted by Crippen LogP contribution is -2.47. The van der Waals surface area contributed by atoms with Crippen molar-refractivity contribution in [1.82, 2.24) is 15.6 Å². The number of amidine groups is 1. The van der Waals surface area contributed by atoms with Crippen molar-refractivity contribution in [3.05, 3.63) is 36.2 Å². The lowest BCUT2D eigenvalue weighted by Gasteiger charge is -2.40. The van der Waals surface area contributed by atoms with Crippen molar-refractivity contribution in [1.29, 1.82) is 0 Å². The summed E-state index contributed by atoms with van der Waals surface area (Å²) in [4.78, 5) is 35.2. The summed E-state index contributed by atoms with van der Waals surface area (Å²) >= 11 is 0. The van der Waals surface area contributed by atoms with Crippen molar-refractivity contribution < 1.29 is 29.3 Å². The molecule has 1 aromatic heterocycles. The van der Waals surface area contributed by atoms with E-state index in [9.17, 15) is 19.8 Å². The maximum atomic E-state index is 12.4. The van der Waals surface area contributed by atoms with Crippen molar-refractivity contribution in [2.45, 2.75) is 37.8 Å². The number of benzene rings is 1. The van der Waals surface area contributed by atoms with Gasteiger partial charge in [-0.15, -0.1) is 0 Å². The summed E-state index contributed by atoms with van der Waals surface area (Å²) in [6, 6.07) is 5.11. The molecule has 6 rings (SSSR count). The third-order valence-electron chi connectivity index (χ3n) is 7.87. The van der Waals surface area contributed by atoms with Gasteiger partial charge in [0, 0.05) is 24.5 Å². The van der Waals surface area contributed by atoms with Gasteiger partial charge < -0.3 is 35.2 Å². The van der Waals surface area contributed by atoms with E-state index in [1.807, 2.05) is 6.08 Å². The average Bonchev–Trinajstić information content (AvgIpc) is 2.92. The third-order valence-corrected chi connectivity index (χ3v) is 7.87. The smallest absolute Gasteiger partial charge is 0.306 e. The Labute approximate surface area is 219 Å². The summed E-state index contributed by atoms with van der Waals surface area (Å²) in [5.41, 5.74) is 1.62. The normalized spacial score (nSPS) is 26.7. The van der Waals surface area contributed by atoms with E-state index in [-0.39, 0.29) is 36.3 Å². The fourth-order valence-electron chi connectivity index (χ4n) is 5.97. The number of aliphatic carboxylic acids is 1. The highest BCUT2D eigenvalue weighted by Gasteiger charge is 2.37. The van der Waals surface area contributed by atoms with E-state index < -0.39 is 11.9 Å². The number of carbonyl (C=O) groups is 2. The Morgan fingerprint density at radius 1 is 1.26 bits per heavy atom. The Kier molecular flexibility index (Phi) is 6.52. The zero-order valence-electron chi connectivity index (χ0n) is 20.9. The molecule has 0 bridgehead atoms. The molecule has 0 radical (unpaired) electrons. The molecule has 4 N–H and O–H groups in total. The maximum absolute atomic E-state index is 12.4. The van der Waals surface area contributed by atoms with Gasteiger partial charge in [0.15, 0.2) is 24.0 Å². The van der Waals surface area contributed by atoms with Gasteiger partial charge in [-0.25, -0.2) is 0 Å². The highest BCUT2D eigenvalue weighted by atomic mass is 16.5. The fourth-order valence-corrected chi connectivity index (χ4v) is 5.97. The Hall–Kier alpha value is -3.86. The number of aliphatic imine (C=N–C) groups is 1. The van der Waals surface area contributed by atoms with Gasteiger partial charge in [0.2, 0.25) is 0 Å². The number of hydrogen-bond donors (Lipinski definition) is 4. The predicted molar refractivity (Wildman–Crippen MR) is 139 cm³/mol. The number of nitrogens with one attached hydrogen (secondary N) is 2. The van der Waals surface area contributed by atoms with Crippen LogP contribution in [0.15, 0.2) is 41.2 Å². The number of nitrogens with zero attached hydrogens (tertiary/aromatic N) is 3. The van der Waals surface area contributed by atoms with Gasteiger partial charge in [-0.2, -0.15) is 0 Å². The third kappa shape index (κ3) is 4.85. The van der Waals surface area contributed by atoms with Gasteiger partial charge >= 0.3 is 5.97 Å². The Morgan fingerprint density at radius 2 is 2.16 bits per heavy atom. The number of carboxylic acids is 1.